The third kappa shape index (κ3) is 4.66. The van der Waals surface area contributed by atoms with Gasteiger partial charge in [-0.25, -0.2) is 4.79 Å². The molecule has 0 saturated carbocycles. The molecule has 0 aliphatic rings. The van der Waals surface area contributed by atoms with Gasteiger partial charge in [0.2, 0.25) is 0 Å². The fraction of sp³-hybridized carbons (Fsp3) is 0.222. The zero-order valence-corrected chi connectivity index (χ0v) is 18.1. The predicted molar refractivity (Wildman–Crippen MR) is 110 cm³/mol. The van der Waals surface area contributed by atoms with Gasteiger partial charge in [0, 0.05) is 10.2 Å². The van der Waals surface area contributed by atoms with Crippen LogP contribution in [-0.2, 0) is 0 Å². The van der Waals surface area contributed by atoms with Crippen molar-refractivity contribution < 1.29 is 19.1 Å². The molecule has 2 rings (SSSR count). The summed E-state index contributed by atoms with van der Waals surface area (Å²) in [7, 11) is 2.69. The summed E-state index contributed by atoms with van der Waals surface area (Å²) in [6, 6.07) is 4.39. The Hall–Kier alpha value is -1.96. The average molecular weight is 476 g/mol. The lowest BCUT2D eigenvalue weighted by Gasteiger charge is -2.16. The normalized spacial score (nSPS) is 10.3. The molecule has 0 aliphatic heterocycles. The minimum atomic E-state index is -0.766. The molecule has 0 bridgehead atoms. The van der Waals surface area contributed by atoms with E-state index in [0.717, 1.165) is 15.6 Å². The molecule has 2 N–H and O–H groups in total. The first-order valence-electron chi connectivity index (χ1n) is 7.68. The first-order chi connectivity index (χ1) is 12.7. The standard InChI is InChI=1S/C18H17BrCl2N2O4/c1-8-5-10(19)6-9(2)14(8)22-18(25)23-17(24)13-15(26-3)11(20)7-12(21)16(13)27-4/h5-7H,1-4H3,(H2,22,23,24,25). The number of hydrogen-bond acceptors (Lipinski definition) is 4. The number of aryl methyl sites for hydroxylation is 2. The predicted octanol–water partition coefficient (Wildman–Crippen LogP) is 5.35. The number of nitrogens with one attached hydrogen (secondary N) is 2. The summed E-state index contributed by atoms with van der Waals surface area (Å²) in [5.41, 5.74) is 2.21. The summed E-state index contributed by atoms with van der Waals surface area (Å²) in [4.78, 5) is 25.0. The maximum absolute atomic E-state index is 12.7. The topological polar surface area (TPSA) is 76.7 Å². The fourth-order valence-electron chi connectivity index (χ4n) is 2.61. The number of ether oxygens (including phenoxy) is 2. The van der Waals surface area contributed by atoms with Crippen molar-refractivity contribution in [1.82, 2.24) is 5.32 Å². The van der Waals surface area contributed by atoms with E-state index in [1.807, 2.05) is 26.0 Å². The average Bonchev–Trinajstić information content (AvgIpc) is 2.57. The monoisotopic (exact) mass is 474 g/mol. The van der Waals surface area contributed by atoms with Crippen molar-refractivity contribution in [3.8, 4) is 11.5 Å². The molecule has 0 radical (unpaired) electrons. The maximum atomic E-state index is 12.7. The fourth-order valence-corrected chi connectivity index (χ4v) is 3.91. The number of carbonyl (C=O) groups is 2. The Kier molecular flexibility index (Phi) is 6.97. The zero-order valence-electron chi connectivity index (χ0n) is 15.0. The van der Waals surface area contributed by atoms with E-state index in [0.29, 0.717) is 5.69 Å². The molecule has 0 atom stereocenters. The Bertz CT molecular complexity index is 867. The number of benzene rings is 2. The van der Waals surface area contributed by atoms with E-state index in [9.17, 15) is 9.59 Å². The van der Waals surface area contributed by atoms with Crippen LogP contribution < -0.4 is 20.1 Å². The van der Waals surface area contributed by atoms with E-state index in [4.69, 9.17) is 32.7 Å². The van der Waals surface area contributed by atoms with Crippen molar-refractivity contribution in [2.75, 3.05) is 19.5 Å². The van der Waals surface area contributed by atoms with Crippen LogP contribution in [-0.4, -0.2) is 26.2 Å². The van der Waals surface area contributed by atoms with Gasteiger partial charge in [0.05, 0.1) is 24.3 Å². The number of methoxy groups -OCH3 is 2. The van der Waals surface area contributed by atoms with Crippen molar-refractivity contribution in [3.63, 3.8) is 0 Å². The maximum Gasteiger partial charge on any atom is 0.326 e. The molecule has 2 aromatic carbocycles. The van der Waals surface area contributed by atoms with E-state index < -0.39 is 11.9 Å². The van der Waals surface area contributed by atoms with Crippen LogP contribution >= 0.6 is 39.1 Å². The lowest BCUT2D eigenvalue weighted by Crippen LogP contribution is -2.35. The van der Waals surface area contributed by atoms with Crippen LogP contribution in [0.2, 0.25) is 10.0 Å². The van der Waals surface area contributed by atoms with Crippen molar-refractivity contribution in [1.29, 1.82) is 0 Å². The van der Waals surface area contributed by atoms with Crippen molar-refractivity contribution in [3.05, 3.63) is 49.4 Å². The molecular weight excluding hydrogens is 459 g/mol. The van der Waals surface area contributed by atoms with Gasteiger partial charge in [-0.15, -0.1) is 0 Å². The summed E-state index contributed by atoms with van der Waals surface area (Å²) in [5.74, 6) is -0.656. The summed E-state index contributed by atoms with van der Waals surface area (Å²) >= 11 is 15.6. The van der Waals surface area contributed by atoms with Crippen LogP contribution in [0, 0.1) is 13.8 Å². The van der Waals surface area contributed by atoms with E-state index in [2.05, 4.69) is 26.6 Å². The number of halogens is 3. The molecule has 144 valence electrons. The van der Waals surface area contributed by atoms with Crippen molar-refractivity contribution in [2.45, 2.75) is 13.8 Å². The SMILES string of the molecule is COc1c(Cl)cc(Cl)c(OC)c1C(=O)NC(=O)Nc1c(C)cc(Br)cc1C. The second kappa shape index (κ2) is 8.82. The lowest BCUT2D eigenvalue weighted by atomic mass is 10.1. The molecule has 9 heteroatoms. The number of imide groups is 1. The summed E-state index contributed by atoms with van der Waals surface area (Å²) in [5, 5.41) is 5.15. The number of anilines is 1. The van der Waals surface area contributed by atoms with Crippen molar-refractivity contribution >= 4 is 56.8 Å². The van der Waals surface area contributed by atoms with Gasteiger partial charge < -0.3 is 14.8 Å². The highest BCUT2D eigenvalue weighted by molar-refractivity contribution is 9.10. The number of carbonyl (C=O) groups excluding carboxylic acids is 2. The quantitative estimate of drug-likeness (QED) is 0.624. The zero-order chi connectivity index (χ0) is 20.3. The van der Waals surface area contributed by atoms with Gasteiger partial charge >= 0.3 is 6.03 Å². The molecule has 0 unspecified atom stereocenters. The van der Waals surface area contributed by atoms with Crippen LogP contribution in [0.25, 0.3) is 0 Å². The molecule has 0 aliphatic carbocycles. The highest BCUT2D eigenvalue weighted by Crippen LogP contribution is 2.41. The van der Waals surface area contributed by atoms with Gasteiger partial charge in [0.1, 0.15) is 5.56 Å². The largest absolute Gasteiger partial charge is 0.494 e. The Balaban J connectivity index is 2.32. The minimum Gasteiger partial charge on any atom is -0.494 e. The molecule has 27 heavy (non-hydrogen) atoms. The van der Waals surface area contributed by atoms with Crippen LogP contribution in [0.4, 0.5) is 10.5 Å². The smallest absolute Gasteiger partial charge is 0.326 e. The van der Waals surface area contributed by atoms with Crippen LogP contribution in [0.5, 0.6) is 11.5 Å². The van der Waals surface area contributed by atoms with Crippen LogP contribution in [0.1, 0.15) is 21.5 Å². The lowest BCUT2D eigenvalue weighted by molar-refractivity contribution is 0.0961. The Morgan fingerprint density at radius 1 is 0.963 bits per heavy atom. The molecular formula is C18H17BrCl2N2O4. The number of urea groups is 1. The van der Waals surface area contributed by atoms with Gasteiger partial charge in [-0.05, 0) is 43.2 Å². The number of amides is 3. The molecule has 0 saturated heterocycles. The molecule has 0 fully saturated rings. The highest BCUT2D eigenvalue weighted by atomic mass is 79.9. The molecule has 0 heterocycles. The van der Waals surface area contributed by atoms with E-state index in [1.54, 1.807) is 0 Å². The Morgan fingerprint density at radius 2 is 1.44 bits per heavy atom. The highest BCUT2D eigenvalue weighted by Gasteiger charge is 2.25. The molecule has 0 aromatic heterocycles. The van der Waals surface area contributed by atoms with Crippen LogP contribution in [0.15, 0.2) is 22.7 Å². The Morgan fingerprint density at radius 3 is 1.89 bits per heavy atom. The molecule has 3 amide bonds. The van der Waals surface area contributed by atoms with Gasteiger partial charge in [-0.1, -0.05) is 39.1 Å². The van der Waals surface area contributed by atoms with Gasteiger partial charge in [-0.2, -0.15) is 0 Å². The summed E-state index contributed by atoms with van der Waals surface area (Å²) < 4.78 is 11.2. The van der Waals surface area contributed by atoms with E-state index in [1.165, 1.54) is 20.3 Å². The van der Waals surface area contributed by atoms with Gasteiger partial charge in [-0.3, -0.25) is 10.1 Å². The molecule has 2 aromatic rings. The summed E-state index contributed by atoms with van der Waals surface area (Å²) in [6.07, 6.45) is 0. The third-order valence-corrected chi connectivity index (χ3v) is 4.76. The first-order valence-corrected chi connectivity index (χ1v) is 9.23. The van der Waals surface area contributed by atoms with Gasteiger partial charge in [0.15, 0.2) is 11.5 Å². The van der Waals surface area contributed by atoms with Gasteiger partial charge in [0.25, 0.3) is 5.91 Å². The second-order valence-corrected chi connectivity index (χ2v) is 7.33. The minimum absolute atomic E-state index is 0.0548. The van der Waals surface area contributed by atoms with Crippen LogP contribution in [0.3, 0.4) is 0 Å². The Labute approximate surface area is 175 Å². The molecule has 0 spiro atoms. The first kappa shape index (κ1) is 21.3. The van der Waals surface area contributed by atoms with E-state index >= 15 is 0 Å². The molecule has 6 nitrogen and oxygen atoms in total. The summed E-state index contributed by atoms with van der Waals surface area (Å²) in [6.45, 7) is 3.69. The van der Waals surface area contributed by atoms with Crippen molar-refractivity contribution in [2.24, 2.45) is 0 Å². The number of rotatable bonds is 4. The third-order valence-electron chi connectivity index (χ3n) is 3.74. The second-order valence-electron chi connectivity index (χ2n) is 5.60. The van der Waals surface area contributed by atoms with E-state index in [-0.39, 0.29) is 27.1 Å². The number of hydrogen-bond donors (Lipinski definition) is 2.